The van der Waals surface area contributed by atoms with Crippen molar-refractivity contribution in [3.63, 3.8) is 0 Å². The molecule has 1 N–H and O–H groups in total. The van der Waals surface area contributed by atoms with E-state index in [0.717, 1.165) is 5.56 Å². The fraction of sp³-hybridized carbons (Fsp3) is 0.333. The maximum Gasteiger partial charge on any atom is 0.275 e. The zero-order valence-electron chi connectivity index (χ0n) is 19.0. The fourth-order valence-corrected chi connectivity index (χ4v) is 4.00. The SMILES string of the molecule is CCOc1ccc(CN2CC(c3noc(-c4cc(-c5ccco5)n[nH]4)n3)CC2=O)cc1OCC. The summed E-state index contributed by atoms with van der Waals surface area (Å²) in [5.41, 5.74) is 2.20. The predicted molar refractivity (Wildman–Crippen MR) is 121 cm³/mol. The van der Waals surface area contributed by atoms with Crippen molar-refractivity contribution in [1.82, 2.24) is 25.2 Å². The maximum absolute atomic E-state index is 12.7. The Morgan fingerprint density at radius 2 is 2.00 bits per heavy atom. The van der Waals surface area contributed by atoms with E-state index in [9.17, 15) is 4.79 Å². The summed E-state index contributed by atoms with van der Waals surface area (Å²) in [5.74, 6) is 2.74. The van der Waals surface area contributed by atoms with E-state index < -0.39 is 0 Å². The number of amides is 1. The van der Waals surface area contributed by atoms with Crippen LogP contribution in [-0.4, -0.2) is 50.9 Å². The first-order valence-corrected chi connectivity index (χ1v) is 11.2. The zero-order chi connectivity index (χ0) is 23.5. The monoisotopic (exact) mass is 463 g/mol. The van der Waals surface area contributed by atoms with Crippen LogP contribution in [0.15, 0.2) is 51.6 Å². The number of hydrogen-bond acceptors (Lipinski definition) is 8. The Morgan fingerprint density at radius 1 is 1.15 bits per heavy atom. The van der Waals surface area contributed by atoms with Crippen molar-refractivity contribution in [1.29, 1.82) is 0 Å². The van der Waals surface area contributed by atoms with Crippen molar-refractivity contribution in [3.05, 3.63) is 54.0 Å². The largest absolute Gasteiger partial charge is 0.490 e. The van der Waals surface area contributed by atoms with Gasteiger partial charge in [0, 0.05) is 31.5 Å². The van der Waals surface area contributed by atoms with Crippen LogP contribution in [0.1, 0.15) is 37.6 Å². The lowest BCUT2D eigenvalue weighted by Crippen LogP contribution is -2.24. The first-order chi connectivity index (χ1) is 16.6. The predicted octanol–water partition coefficient (Wildman–Crippen LogP) is 4.03. The second-order valence-corrected chi connectivity index (χ2v) is 7.92. The lowest BCUT2D eigenvalue weighted by molar-refractivity contribution is -0.128. The summed E-state index contributed by atoms with van der Waals surface area (Å²) in [6.07, 6.45) is 1.91. The number of rotatable bonds is 9. The minimum absolute atomic E-state index is 0.0461. The number of hydrogen-bond donors (Lipinski definition) is 1. The quantitative estimate of drug-likeness (QED) is 0.395. The average Bonchev–Trinajstić information content (AvgIpc) is 3.63. The van der Waals surface area contributed by atoms with E-state index in [2.05, 4.69) is 20.3 Å². The molecule has 0 radical (unpaired) electrons. The number of H-pyrrole nitrogens is 1. The molecule has 34 heavy (non-hydrogen) atoms. The Hall–Kier alpha value is -4.08. The molecule has 5 rings (SSSR count). The molecular weight excluding hydrogens is 438 g/mol. The summed E-state index contributed by atoms with van der Waals surface area (Å²) >= 11 is 0. The number of carbonyl (C=O) groups excluding carboxylic acids is 1. The summed E-state index contributed by atoms with van der Waals surface area (Å²) in [6, 6.07) is 11.2. The number of carbonyl (C=O) groups is 1. The summed E-state index contributed by atoms with van der Waals surface area (Å²) < 4.78 is 22.1. The van der Waals surface area contributed by atoms with Gasteiger partial charge in [-0.3, -0.25) is 9.89 Å². The molecule has 0 bridgehead atoms. The van der Waals surface area contributed by atoms with Gasteiger partial charge in [-0.1, -0.05) is 11.2 Å². The van der Waals surface area contributed by atoms with E-state index in [1.165, 1.54) is 0 Å². The van der Waals surface area contributed by atoms with Gasteiger partial charge < -0.3 is 23.3 Å². The van der Waals surface area contributed by atoms with Gasteiger partial charge in [0.15, 0.2) is 23.1 Å². The summed E-state index contributed by atoms with van der Waals surface area (Å²) in [4.78, 5) is 19.0. The Balaban J connectivity index is 1.27. The van der Waals surface area contributed by atoms with Gasteiger partial charge in [0.25, 0.3) is 5.89 Å². The molecule has 1 aromatic carbocycles. The van der Waals surface area contributed by atoms with E-state index in [1.54, 1.807) is 23.3 Å². The zero-order valence-corrected chi connectivity index (χ0v) is 19.0. The maximum atomic E-state index is 12.7. The average molecular weight is 463 g/mol. The Bertz CT molecular complexity index is 1260. The molecule has 0 aliphatic carbocycles. The second kappa shape index (κ2) is 9.42. The highest BCUT2D eigenvalue weighted by atomic mass is 16.5. The molecule has 4 aromatic rings. The third-order valence-electron chi connectivity index (χ3n) is 5.58. The molecule has 1 aliphatic heterocycles. The number of aromatic amines is 1. The molecule has 1 atom stereocenters. The van der Waals surface area contributed by atoms with Crippen LogP contribution in [0.25, 0.3) is 23.0 Å². The third kappa shape index (κ3) is 4.39. The van der Waals surface area contributed by atoms with Crippen LogP contribution in [-0.2, 0) is 11.3 Å². The van der Waals surface area contributed by atoms with Gasteiger partial charge in [-0.15, -0.1) is 0 Å². The number of likely N-dealkylation sites (tertiary alicyclic amines) is 1. The van der Waals surface area contributed by atoms with Crippen LogP contribution < -0.4 is 9.47 Å². The summed E-state index contributed by atoms with van der Waals surface area (Å²) in [6.45, 7) is 5.93. The number of furan rings is 1. The second-order valence-electron chi connectivity index (χ2n) is 7.92. The van der Waals surface area contributed by atoms with Crippen molar-refractivity contribution in [3.8, 4) is 34.5 Å². The van der Waals surface area contributed by atoms with Crippen molar-refractivity contribution in [2.75, 3.05) is 19.8 Å². The lowest BCUT2D eigenvalue weighted by atomic mass is 10.1. The van der Waals surface area contributed by atoms with E-state index >= 15 is 0 Å². The molecule has 0 saturated carbocycles. The molecule has 1 saturated heterocycles. The molecular formula is C24H25N5O5. The molecule has 0 spiro atoms. The number of aromatic nitrogens is 4. The van der Waals surface area contributed by atoms with Crippen molar-refractivity contribution in [2.45, 2.75) is 32.7 Å². The molecule has 1 amide bonds. The summed E-state index contributed by atoms with van der Waals surface area (Å²) in [5, 5.41) is 11.2. The Kier molecular flexibility index (Phi) is 6.03. The van der Waals surface area contributed by atoms with Crippen LogP contribution >= 0.6 is 0 Å². The van der Waals surface area contributed by atoms with E-state index in [4.69, 9.17) is 18.4 Å². The molecule has 10 heteroatoms. The van der Waals surface area contributed by atoms with Gasteiger partial charge in [0.2, 0.25) is 5.91 Å². The normalized spacial score (nSPS) is 15.8. The van der Waals surface area contributed by atoms with Gasteiger partial charge in [0.05, 0.1) is 19.5 Å². The van der Waals surface area contributed by atoms with Gasteiger partial charge in [-0.25, -0.2) is 0 Å². The van der Waals surface area contributed by atoms with Gasteiger partial charge in [-0.05, 0) is 43.7 Å². The van der Waals surface area contributed by atoms with Gasteiger partial charge in [0.1, 0.15) is 11.4 Å². The Labute approximate surface area is 195 Å². The van der Waals surface area contributed by atoms with E-state index in [1.807, 2.05) is 38.1 Å². The molecule has 1 aliphatic rings. The minimum Gasteiger partial charge on any atom is -0.490 e. The van der Waals surface area contributed by atoms with Gasteiger partial charge in [-0.2, -0.15) is 10.1 Å². The van der Waals surface area contributed by atoms with Crippen molar-refractivity contribution >= 4 is 5.91 Å². The molecule has 4 heterocycles. The van der Waals surface area contributed by atoms with Gasteiger partial charge >= 0.3 is 0 Å². The standard InChI is InChI=1S/C24H25N5O5/c1-3-31-20-8-7-15(10-21(20)32-4-2)13-29-14-16(11-22(29)30)23-25-24(34-28-23)18-12-17(26-27-18)19-6-5-9-33-19/h5-10,12,16H,3-4,11,13-14H2,1-2H3,(H,26,27). The number of ether oxygens (including phenoxy) is 2. The summed E-state index contributed by atoms with van der Waals surface area (Å²) in [7, 11) is 0. The highest BCUT2D eigenvalue weighted by molar-refractivity contribution is 5.79. The van der Waals surface area contributed by atoms with Crippen LogP contribution in [0.4, 0.5) is 0 Å². The number of nitrogens with one attached hydrogen (secondary N) is 1. The first-order valence-electron chi connectivity index (χ1n) is 11.2. The van der Waals surface area contributed by atoms with Crippen LogP contribution in [0.5, 0.6) is 11.5 Å². The third-order valence-corrected chi connectivity index (χ3v) is 5.58. The van der Waals surface area contributed by atoms with E-state index in [0.29, 0.717) is 73.1 Å². The first kappa shape index (κ1) is 21.7. The molecule has 10 nitrogen and oxygen atoms in total. The smallest absolute Gasteiger partial charge is 0.275 e. The number of nitrogens with zero attached hydrogens (tertiary/aromatic N) is 4. The fourth-order valence-electron chi connectivity index (χ4n) is 4.00. The minimum atomic E-state index is -0.147. The highest BCUT2D eigenvalue weighted by Crippen LogP contribution is 2.32. The van der Waals surface area contributed by atoms with Crippen LogP contribution in [0.3, 0.4) is 0 Å². The number of benzene rings is 1. The molecule has 176 valence electrons. The van der Waals surface area contributed by atoms with E-state index in [-0.39, 0.29) is 11.8 Å². The molecule has 1 fully saturated rings. The molecule has 3 aromatic heterocycles. The molecule has 1 unspecified atom stereocenters. The lowest BCUT2D eigenvalue weighted by Gasteiger charge is -2.18. The highest BCUT2D eigenvalue weighted by Gasteiger charge is 2.34. The van der Waals surface area contributed by atoms with Crippen molar-refractivity contribution < 1.29 is 23.2 Å². The van der Waals surface area contributed by atoms with Crippen molar-refractivity contribution in [2.24, 2.45) is 0 Å². The van der Waals surface area contributed by atoms with Crippen LogP contribution in [0, 0.1) is 0 Å². The van der Waals surface area contributed by atoms with Crippen LogP contribution in [0.2, 0.25) is 0 Å². The topological polar surface area (TPSA) is 120 Å². The Morgan fingerprint density at radius 3 is 2.79 bits per heavy atom.